The Morgan fingerprint density at radius 2 is 2.17 bits per heavy atom. The van der Waals surface area contributed by atoms with Crippen LogP contribution in [0.25, 0.3) is 0 Å². The average Bonchev–Trinajstić information content (AvgIpc) is 3.12. The number of methoxy groups -OCH3 is 1. The smallest absolute Gasteiger partial charge is 0.307 e. The highest BCUT2D eigenvalue weighted by atomic mass is 16.5. The van der Waals surface area contributed by atoms with Crippen LogP contribution < -0.4 is 10.6 Å². The first-order valence-corrected chi connectivity index (χ1v) is 6.10. The van der Waals surface area contributed by atoms with Gasteiger partial charge in [-0.3, -0.25) is 4.79 Å². The Morgan fingerprint density at radius 3 is 2.83 bits per heavy atom. The number of anilines is 2. The molecular formula is C12H18N4O2. The van der Waals surface area contributed by atoms with Gasteiger partial charge in [-0.15, -0.1) is 0 Å². The minimum Gasteiger partial charge on any atom is -0.469 e. The number of carbonyl (C=O) groups is 1. The number of carbonyl (C=O) groups excluding carboxylic acids is 1. The minimum absolute atomic E-state index is 0.232. The number of nitrogens with one attached hydrogen (secondary N) is 2. The zero-order chi connectivity index (χ0) is 13.0. The van der Waals surface area contributed by atoms with Crippen molar-refractivity contribution in [1.82, 2.24) is 9.97 Å². The van der Waals surface area contributed by atoms with Crippen LogP contribution in [0.15, 0.2) is 6.07 Å². The molecule has 0 amide bonds. The van der Waals surface area contributed by atoms with Gasteiger partial charge in [0.15, 0.2) is 0 Å². The summed E-state index contributed by atoms with van der Waals surface area (Å²) in [6, 6.07) is 2.42. The molecule has 1 aromatic rings. The largest absolute Gasteiger partial charge is 0.469 e. The SMILES string of the molecule is COC(=O)CCNc1cc(NC2CC2)nc(C)n1. The van der Waals surface area contributed by atoms with Gasteiger partial charge >= 0.3 is 5.97 Å². The molecule has 0 aromatic carbocycles. The van der Waals surface area contributed by atoms with E-state index in [0.29, 0.717) is 24.8 Å². The highest BCUT2D eigenvalue weighted by Crippen LogP contribution is 2.24. The number of aromatic nitrogens is 2. The zero-order valence-corrected chi connectivity index (χ0v) is 10.7. The Labute approximate surface area is 106 Å². The molecule has 1 heterocycles. The number of hydrogen-bond acceptors (Lipinski definition) is 6. The maximum absolute atomic E-state index is 11.0. The summed E-state index contributed by atoms with van der Waals surface area (Å²) < 4.78 is 4.57. The summed E-state index contributed by atoms with van der Waals surface area (Å²) in [7, 11) is 1.38. The van der Waals surface area contributed by atoms with Crippen LogP contribution in [0.2, 0.25) is 0 Å². The molecule has 1 aromatic heterocycles. The van der Waals surface area contributed by atoms with Crippen molar-refractivity contribution in [3.63, 3.8) is 0 Å². The van der Waals surface area contributed by atoms with Gasteiger partial charge in [-0.2, -0.15) is 0 Å². The van der Waals surface area contributed by atoms with Crippen molar-refractivity contribution in [2.75, 3.05) is 24.3 Å². The van der Waals surface area contributed by atoms with Gasteiger partial charge in [-0.05, 0) is 19.8 Å². The van der Waals surface area contributed by atoms with Crippen LogP contribution >= 0.6 is 0 Å². The van der Waals surface area contributed by atoms with E-state index >= 15 is 0 Å². The summed E-state index contributed by atoms with van der Waals surface area (Å²) in [4.78, 5) is 19.6. The van der Waals surface area contributed by atoms with E-state index in [1.54, 1.807) is 0 Å². The predicted octanol–water partition coefficient (Wildman–Crippen LogP) is 1.33. The van der Waals surface area contributed by atoms with E-state index in [0.717, 1.165) is 11.6 Å². The molecule has 0 radical (unpaired) electrons. The number of nitrogens with zero attached hydrogens (tertiary/aromatic N) is 2. The molecule has 2 rings (SSSR count). The van der Waals surface area contributed by atoms with E-state index in [2.05, 4.69) is 25.3 Å². The summed E-state index contributed by atoms with van der Waals surface area (Å²) in [6.45, 7) is 2.36. The van der Waals surface area contributed by atoms with E-state index in [-0.39, 0.29) is 5.97 Å². The number of ether oxygens (including phenoxy) is 1. The monoisotopic (exact) mass is 250 g/mol. The fourth-order valence-electron chi connectivity index (χ4n) is 1.56. The second kappa shape index (κ2) is 5.66. The van der Waals surface area contributed by atoms with E-state index < -0.39 is 0 Å². The van der Waals surface area contributed by atoms with Crippen molar-refractivity contribution in [1.29, 1.82) is 0 Å². The lowest BCUT2D eigenvalue weighted by molar-refractivity contribution is -0.140. The third-order valence-electron chi connectivity index (χ3n) is 2.63. The van der Waals surface area contributed by atoms with E-state index in [9.17, 15) is 4.79 Å². The van der Waals surface area contributed by atoms with Crippen molar-refractivity contribution >= 4 is 17.6 Å². The molecule has 0 aliphatic heterocycles. The zero-order valence-electron chi connectivity index (χ0n) is 10.7. The highest BCUT2D eigenvalue weighted by Gasteiger charge is 2.21. The van der Waals surface area contributed by atoms with E-state index in [4.69, 9.17) is 0 Å². The number of esters is 1. The molecule has 1 aliphatic carbocycles. The summed E-state index contributed by atoms with van der Waals surface area (Å²) in [5, 5.41) is 6.42. The lowest BCUT2D eigenvalue weighted by atomic mass is 10.4. The van der Waals surface area contributed by atoms with Crippen molar-refractivity contribution in [2.45, 2.75) is 32.2 Å². The lowest BCUT2D eigenvalue weighted by Gasteiger charge is -2.09. The van der Waals surface area contributed by atoms with Gasteiger partial charge in [-0.1, -0.05) is 0 Å². The van der Waals surface area contributed by atoms with Crippen LogP contribution in [0.1, 0.15) is 25.1 Å². The predicted molar refractivity (Wildman–Crippen MR) is 68.5 cm³/mol. The van der Waals surface area contributed by atoms with Crippen LogP contribution in [-0.2, 0) is 9.53 Å². The van der Waals surface area contributed by atoms with Crippen LogP contribution in [0.4, 0.5) is 11.6 Å². The molecule has 1 aliphatic rings. The van der Waals surface area contributed by atoms with Gasteiger partial charge in [0.25, 0.3) is 0 Å². The lowest BCUT2D eigenvalue weighted by Crippen LogP contribution is -2.12. The molecule has 0 unspecified atom stereocenters. The van der Waals surface area contributed by atoms with Gasteiger partial charge in [-0.25, -0.2) is 9.97 Å². The molecule has 6 heteroatoms. The fraction of sp³-hybridized carbons (Fsp3) is 0.583. The average molecular weight is 250 g/mol. The second-order valence-electron chi connectivity index (χ2n) is 4.36. The van der Waals surface area contributed by atoms with Crippen LogP contribution in [0.5, 0.6) is 0 Å². The van der Waals surface area contributed by atoms with Gasteiger partial charge in [0.2, 0.25) is 0 Å². The molecule has 0 bridgehead atoms. The van der Waals surface area contributed by atoms with Gasteiger partial charge in [0.1, 0.15) is 17.5 Å². The first kappa shape index (κ1) is 12.6. The third kappa shape index (κ3) is 3.87. The maximum atomic E-state index is 11.0. The molecule has 0 spiro atoms. The number of rotatable bonds is 6. The maximum Gasteiger partial charge on any atom is 0.307 e. The third-order valence-corrected chi connectivity index (χ3v) is 2.63. The standard InChI is InChI=1S/C12H18N4O2/c1-8-14-10(13-6-5-12(17)18-2)7-11(15-8)16-9-3-4-9/h7,9H,3-6H2,1-2H3,(H2,13,14,15,16). The fourth-order valence-corrected chi connectivity index (χ4v) is 1.56. The van der Waals surface area contributed by atoms with Gasteiger partial charge < -0.3 is 15.4 Å². The van der Waals surface area contributed by atoms with Crippen molar-refractivity contribution < 1.29 is 9.53 Å². The summed E-state index contributed by atoms with van der Waals surface area (Å²) in [5.41, 5.74) is 0. The van der Waals surface area contributed by atoms with E-state index in [1.165, 1.54) is 20.0 Å². The Kier molecular flexibility index (Phi) is 3.96. The van der Waals surface area contributed by atoms with Crippen molar-refractivity contribution in [3.05, 3.63) is 11.9 Å². The van der Waals surface area contributed by atoms with Crippen molar-refractivity contribution in [3.8, 4) is 0 Å². The van der Waals surface area contributed by atoms with Crippen LogP contribution in [0, 0.1) is 6.92 Å². The quantitative estimate of drug-likeness (QED) is 0.742. The highest BCUT2D eigenvalue weighted by molar-refractivity contribution is 5.69. The Balaban J connectivity index is 1.90. The Hall–Kier alpha value is -1.85. The van der Waals surface area contributed by atoms with Crippen molar-refractivity contribution in [2.24, 2.45) is 0 Å². The minimum atomic E-state index is -0.232. The molecule has 0 saturated heterocycles. The topological polar surface area (TPSA) is 76.1 Å². The Morgan fingerprint density at radius 1 is 1.44 bits per heavy atom. The van der Waals surface area contributed by atoms with Gasteiger partial charge in [0, 0.05) is 18.7 Å². The molecule has 1 saturated carbocycles. The summed E-state index contributed by atoms with van der Waals surface area (Å²) in [5.74, 6) is 2.05. The molecule has 18 heavy (non-hydrogen) atoms. The number of hydrogen-bond donors (Lipinski definition) is 2. The normalized spacial score (nSPS) is 14.1. The molecule has 98 valence electrons. The number of aryl methyl sites for hydroxylation is 1. The van der Waals surface area contributed by atoms with Gasteiger partial charge in [0.05, 0.1) is 13.5 Å². The van der Waals surface area contributed by atoms with E-state index in [1.807, 2.05) is 13.0 Å². The Bertz CT molecular complexity index is 432. The molecular weight excluding hydrogens is 232 g/mol. The first-order chi connectivity index (χ1) is 8.67. The summed E-state index contributed by atoms with van der Waals surface area (Å²) in [6.07, 6.45) is 2.73. The molecule has 1 fully saturated rings. The first-order valence-electron chi connectivity index (χ1n) is 6.10. The van der Waals surface area contributed by atoms with Crippen LogP contribution in [-0.4, -0.2) is 35.6 Å². The summed E-state index contributed by atoms with van der Waals surface area (Å²) >= 11 is 0. The van der Waals surface area contributed by atoms with Crippen LogP contribution in [0.3, 0.4) is 0 Å². The molecule has 6 nitrogen and oxygen atoms in total. The molecule has 2 N–H and O–H groups in total. The second-order valence-corrected chi connectivity index (χ2v) is 4.36. The molecule has 0 atom stereocenters.